The highest BCUT2D eigenvalue weighted by molar-refractivity contribution is 5.85. The molecule has 1 N–H and O–H groups in total. The fourth-order valence-electron chi connectivity index (χ4n) is 1.18. The molecule has 1 heterocycles. The van der Waals surface area contributed by atoms with Crippen molar-refractivity contribution in [2.45, 2.75) is 19.8 Å². The molecule has 0 atom stereocenters. The number of aryl methyl sites for hydroxylation is 1. The summed E-state index contributed by atoms with van der Waals surface area (Å²) in [4.78, 5) is 20.7. The number of aromatic carboxylic acids is 1. The molecule has 5 heteroatoms. The highest BCUT2D eigenvalue weighted by Crippen LogP contribution is 2.09. The van der Waals surface area contributed by atoms with Gasteiger partial charge in [0.1, 0.15) is 0 Å². The molecule has 0 unspecified atom stereocenters. The van der Waals surface area contributed by atoms with E-state index in [0.29, 0.717) is 5.95 Å². The van der Waals surface area contributed by atoms with Gasteiger partial charge in [-0.05, 0) is 12.5 Å². The molecule has 0 fully saturated rings. The molecule has 5 nitrogen and oxygen atoms in total. The summed E-state index contributed by atoms with van der Waals surface area (Å²) in [6.07, 6.45) is 1.70. The van der Waals surface area contributed by atoms with Crippen LogP contribution in [-0.2, 0) is 6.42 Å². The maximum absolute atomic E-state index is 10.8. The maximum Gasteiger partial charge on any atom is 0.354 e. The summed E-state index contributed by atoms with van der Waals surface area (Å²) in [5.41, 5.74) is 0.825. The molecule has 0 saturated heterocycles. The Morgan fingerprint density at radius 3 is 2.60 bits per heavy atom. The van der Waals surface area contributed by atoms with E-state index in [1.807, 2.05) is 6.92 Å². The van der Waals surface area contributed by atoms with Gasteiger partial charge < -0.3 is 10.0 Å². The summed E-state index contributed by atoms with van der Waals surface area (Å²) in [6, 6.07) is 1.53. The van der Waals surface area contributed by atoms with Gasteiger partial charge in [-0.2, -0.15) is 0 Å². The van der Waals surface area contributed by atoms with E-state index in [1.165, 1.54) is 6.07 Å². The summed E-state index contributed by atoms with van der Waals surface area (Å²) in [7, 11) is 3.58. The van der Waals surface area contributed by atoms with Crippen molar-refractivity contribution in [2.75, 3.05) is 19.0 Å². The van der Waals surface area contributed by atoms with Crippen LogP contribution in [0.4, 0.5) is 5.95 Å². The maximum atomic E-state index is 10.8. The normalized spacial score (nSPS) is 10.1. The van der Waals surface area contributed by atoms with Crippen molar-refractivity contribution < 1.29 is 9.90 Å². The highest BCUT2D eigenvalue weighted by atomic mass is 16.4. The Balaban J connectivity index is 3.14. The SMILES string of the molecule is CCCc1cc(C(=O)O)nc(N(C)C)n1. The van der Waals surface area contributed by atoms with Crippen molar-refractivity contribution in [3.05, 3.63) is 17.5 Å². The van der Waals surface area contributed by atoms with Crippen LogP contribution in [0.2, 0.25) is 0 Å². The number of anilines is 1. The van der Waals surface area contributed by atoms with Gasteiger partial charge in [0.15, 0.2) is 5.69 Å². The Labute approximate surface area is 88.8 Å². The Kier molecular flexibility index (Phi) is 3.60. The smallest absolute Gasteiger partial charge is 0.354 e. The van der Waals surface area contributed by atoms with Gasteiger partial charge in [0.2, 0.25) is 5.95 Å². The molecule has 15 heavy (non-hydrogen) atoms. The van der Waals surface area contributed by atoms with Gasteiger partial charge in [-0.3, -0.25) is 0 Å². The Hall–Kier alpha value is -1.65. The first-order chi connectivity index (χ1) is 7.04. The van der Waals surface area contributed by atoms with Gasteiger partial charge >= 0.3 is 5.97 Å². The van der Waals surface area contributed by atoms with Crippen LogP contribution in [0.1, 0.15) is 29.5 Å². The van der Waals surface area contributed by atoms with Crippen LogP contribution in [-0.4, -0.2) is 35.1 Å². The van der Waals surface area contributed by atoms with Crippen molar-refractivity contribution >= 4 is 11.9 Å². The average molecular weight is 209 g/mol. The molecule has 0 aromatic carbocycles. The molecule has 0 aliphatic heterocycles. The number of hydrogen-bond donors (Lipinski definition) is 1. The van der Waals surface area contributed by atoms with Crippen molar-refractivity contribution in [1.29, 1.82) is 0 Å². The molecule has 1 rings (SSSR count). The van der Waals surface area contributed by atoms with E-state index >= 15 is 0 Å². The number of hydrogen-bond acceptors (Lipinski definition) is 4. The Bertz CT molecular complexity index is 364. The third kappa shape index (κ3) is 2.90. The lowest BCUT2D eigenvalue weighted by atomic mass is 10.2. The van der Waals surface area contributed by atoms with E-state index in [0.717, 1.165) is 18.5 Å². The molecule has 0 spiro atoms. The van der Waals surface area contributed by atoms with Crippen LogP contribution in [0, 0.1) is 0 Å². The highest BCUT2D eigenvalue weighted by Gasteiger charge is 2.10. The van der Waals surface area contributed by atoms with Gasteiger partial charge in [-0.1, -0.05) is 13.3 Å². The average Bonchev–Trinajstić information content (AvgIpc) is 2.17. The van der Waals surface area contributed by atoms with Crippen LogP contribution in [0.15, 0.2) is 6.07 Å². The number of nitrogens with zero attached hydrogens (tertiary/aromatic N) is 3. The molecule has 0 aliphatic rings. The second-order valence-corrected chi connectivity index (χ2v) is 3.49. The summed E-state index contributed by atoms with van der Waals surface area (Å²) >= 11 is 0. The van der Waals surface area contributed by atoms with E-state index in [-0.39, 0.29) is 5.69 Å². The first kappa shape index (κ1) is 11.4. The van der Waals surface area contributed by atoms with Crippen molar-refractivity contribution in [1.82, 2.24) is 9.97 Å². The number of carboxylic acid groups (broad SMARTS) is 1. The summed E-state index contributed by atoms with van der Waals surface area (Å²) in [5.74, 6) is -0.573. The van der Waals surface area contributed by atoms with Gasteiger partial charge in [-0.25, -0.2) is 14.8 Å². The molecule has 0 amide bonds. The van der Waals surface area contributed by atoms with Crippen LogP contribution in [0.25, 0.3) is 0 Å². The van der Waals surface area contributed by atoms with Gasteiger partial charge in [-0.15, -0.1) is 0 Å². The quantitative estimate of drug-likeness (QED) is 0.806. The molecule has 1 aromatic rings. The molecule has 0 saturated carbocycles. The topological polar surface area (TPSA) is 66.3 Å². The number of carboxylic acids is 1. The number of rotatable bonds is 4. The first-order valence-electron chi connectivity index (χ1n) is 4.83. The number of carbonyl (C=O) groups is 1. The lowest BCUT2D eigenvalue weighted by Gasteiger charge is -2.11. The van der Waals surface area contributed by atoms with Crippen LogP contribution < -0.4 is 4.90 Å². The minimum absolute atomic E-state index is 0.0529. The van der Waals surface area contributed by atoms with E-state index in [2.05, 4.69) is 9.97 Å². The Morgan fingerprint density at radius 2 is 2.13 bits per heavy atom. The van der Waals surface area contributed by atoms with Crippen LogP contribution >= 0.6 is 0 Å². The largest absolute Gasteiger partial charge is 0.477 e. The fourth-order valence-corrected chi connectivity index (χ4v) is 1.18. The van der Waals surface area contributed by atoms with E-state index in [4.69, 9.17) is 5.11 Å². The standard InChI is InChI=1S/C10H15N3O2/c1-4-5-7-6-8(9(14)15)12-10(11-7)13(2)3/h6H,4-5H2,1-3H3,(H,14,15). The van der Waals surface area contributed by atoms with Gasteiger partial charge in [0.25, 0.3) is 0 Å². The fraction of sp³-hybridized carbons (Fsp3) is 0.500. The summed E-state index contributed by atoms with van der Waals surface area (Å²) < 4.78 is 0. The monoisotopic (exact) mass is 209 g/mol. The molecular formula is C10H15N3O2. The van der Waals surface area contributed by atoms with E-state index in [9.17, 15) is 4.79 Å². The number of aromatic nitrogens is 2. The minimum Gasteiger partial charge on any atom is -0.477 e. The van der Waals surface area contributed by atoms with Crippen molar-refractivity contribution in [3.8, 4) is 0 Å². The second kappa shape index (κ2) is 4.72. The zero-order valence-electron chi connectivity index (χ0n) is 9.19. The molecule has 1 aromatic heterocycles. The predicted molar refractivity (Wildman–Crippen MR) is 57.3 cm³/mol. The molecular weight excluding hydrogens is 194 g/mol. The van der Waals surface area contributed by atoms with Gasteiger partial charge in [0.05, 0.1) is 0 Å². The molecule has 0 radical (unpaired) electrons. The molecule has 0 aliphatic carbocycles. The third-order valence-corrected chi connectivity index (χ3v) is 1.89. The van der Waals surface area contributed by atoms with Crippen molar-refractivity contribution in [2.24, 2.45) is 0 Å². The summed E-state index contributed by atoms with van der Waals surface area (Å²) in [5, 5.41) is 8.87. The van der Waals surface area contributed by atoms with Gasteiger partial charge in [0, 0.05) is 19.8 Å². The molecule has 82 valence electrons. The Morgan fingerprint density at radius 1 is 1.47 bits per heavy atom. The van der Waals surface area contributed by atoms with Crippen LogP contribution in [0.3, 0.4) is 0 Å². The second-order valence-electron chi connectivity index (χ2n) is 3.49. The molecule has 0 bridgehead atoms. The van der Waals surface area contributed by atoms with Crippen molar-refractivity contribution in [3.63, 3.8) is 0 Å². The van der Waals surface area contributed by atoms with E-state index < -0.39 is 5.97 Å². The summed E-state index contributed by atoms with van der Waals surface area (Å²) in [6.45, 7) is 2.03. The lowest BCUT2D eigenvalue weighted by molar-refractivity contribution is 0.0690. The predicted octanol–water partition coefficient (Wildman–Crippen LogP) is 1.19. The zero-order valence-corrected chi connectivity index (χ0v) is 9.19. The van der Waals surface area contributed by atoms with Crippen LogP contribution in [0.5, 0.6) is 0 Å². The first-order valence-corrected chi connectivity index (χ1v) is 4.83. The third-order valence-electron chi connectivity index (χ3n) is 1.89. The van der Waals surface area contributed by atoms with E-state index in [1.54, 1.807) is 19.0 Å². The lowest BCUT2D eigenvalue weighted by Crippen LogP contribution is -2.16. The minimum atomic E-state index is -1.02. The zero-order chi connectivity index (χ0) is 11.4.